The number of hydrogen-bond donors (Lipinski definition) is 1. The minimum Gasteiger partial charge on any atom is -0.351 e. The summed E-state index contributed by atoms with van der Waals surface area (Å²) in [5, 5.41) is 3.14. The number of amides is 2. The molecule has 1 aliphatic carbocycles. The van der Waals surface area contributed by atoms with Gasteiger partial charge in [0.2, 0.25) is 21.8 Å². The zero-order valence-corrected chi connectivity index (χ0v) is 19.2. The van der Waals surface area contributed by atoms with Crippen LogP contribution in [0.1, 0.15) is 56.6 Å². The number of aryl methyl sites for hydroxylation is 2. The van der Waals surface area contributed by atoms with Crippen molar-refractivity contribution in [2.75, 3.05) is 24.2 Å². The van der Waals surface area contributed by atoms with Crippen LogP contribution in [0.4, 0.5) is 5.69 Å². The highest BCUT2D eigenvalue weighted by Crippen LogP contribution is 2.33. The van der Waals surface area contributed by atoms with Crippen molar-refractivity contribution < 1.29 is 18.0 Å². The first-order valence-electron chi connectivity index (χ1n) is 10.7. The Morgan fingerprint density at radius 2 is 1.77 bits per heavy atom. The Labute approximate surface area is 179 Å². The van der Waals surface area contributed by atoms with Crippen LogP contribution < -0.4 is 10.2 Å². The highest BCUT2D eigenvalue weighted by molar-refractivity contribution is 7.88. The van der Waals surface area contributed by atoms with Crippen LogP contribution in [0.2, 0.25) is 0 Å². The lowest BCUT2D eigenvalue weighted by Crippen LogP contribution is -2.70. The van der Waals surface area contributed by atoms with Crippen molar-refractivity contribution in [1.82, 2.24) is 9.62 Å². The molecule has 1 aliphatic heterocycles. The summed E-state index contributed by atoms with van der Waals surface area (Å²) >= 11 is 0. The Hall–Kier alpha value is -1.93. The van der Waals surface area contributed by atoms with Gasteiger partial charge in [-0.3, -0.25) is 14.5 Å². The molecule has 0 spiro atoms. The molecule has 0 radical (unpaired) electrons. The monoisotopic (exact) mass is 435 g/mol. The molecular weight excluding hydrogens is 402 g/mol. The fraction of sp³-hybridized carbons (Fsp3) is 0.636. The zero-order valence-electron chi connectivity index (χ0n) is 18.4. The predicted molar refractivity (Wildman–Crippen MR) is 118 cm³/mol. The number of hydrogen-bond acceptors (Lipinski definition) is 4. The first kappa shape index (κ1) is 22.7. The SMILES string of the molecule is Cc1ccc(N2C(=O)CN(S(C)(=O)=O)C[C@@]2(C)C(=O)NC2CCCCCC2)c(C)c1. The summed E-state index contributed by atoms with van der Waals surface area (Å²) in [6, 6.07) is 5.77. The van der Waals surface area contributed by atoms with Gasteiger partial charge in [0.05, 0.1) is 12.8 Å². The van der Waals surface area contributed by atoms with Crippen molar-refractivity contribution in [2.45, 2.75) is 70.9 Å². The van der Waals surface area contributed by atoms with E-state index in [1.807, 2.05) is 32.0 Å². The van der Waals surface area contributed by atoms with E-state index in [-0.39, 0.29) is 25.0 Å². The number of anilines is 1. The molecule has 30 heavy (non-hydrogen) atoms. The van der Waals surface area contributed by atoms with Crippen molar-refractivity contribution in [3.05, 3.63) is 29.3 Å². The van der Waals surface area contributed by atoms with Crippen molar-refractivity contribution in [3.8, 4) is 0 Å². The normalized spacial score (nSPS) is 24.5. The number of benzene rings is 1. The number of carbonyl (C=O) groups excluding carboxylic acids is 2. The lowest BCUT2D eigenvalue weighted by atomic mass is 9.92. The van der Waals surface area contributed by atoms with Gasteiger partial charge in [-0.05, 0) is 45.2 Å². The third-order valence-corrected chi connectivity index (χ3v) is 7.48. The van der Waals surface area contributed by atoms with E-state index in [0.29, 0.717) is 5.69 Å². The maximum absolute atomic E-state index is 13.6. The van der Waals surface area contributed by atoms with E-state index >= 15 is 0 Å². The van der Waals surface area contributed by atoms with E-state index in [2.05, 4.69) is 5.32 Å². The highest BCUT2D eigenvalue weighted by atomic mass is 32.2. The number of piperazine rings is 1. The van der Waals surface area contributed by atoms with Crippen LogP contribution in [0.3, 0.4) is 0 Å². The van der Waals surface area contributed by atoms with Crippen LogP contribution in [0.25, 0.3) is 0 Å². The number of nitrogens with zero attached hydrogens (tertiary/aromatic N) is 2. The van der Waals surface area contributed by atoms with Crippen LogP contribution >= 0.6 is 0 Å². The molecule has 1 saturated heterocycles. The molecule has 0 bridgehead atoms. The van der Waals surface area contributed by atoms with Gasteiger partial charge in [0.25, 0.3) is 0 Å². The van der Waals surface area contributed by atoms with Crippen molar-refractivity contribution in [1.29, 1.82) is 0 Å². The average molecular weight is 436 g/mol. The number of carbonyl (C=O) groups is 2. The molecule has 8 heteroatoms. The predicted octanol–water partition coefficient (Wildman–Crippen LogP) is 2.51. The van der Waals surface area contributed by atoms with Crippen LogP contribution in [-0.2, 0) is 19.6 Å². The Kier molecular flexibility index (Phi) is 6.57. The van der Waals surface area contributed by atoms with Crippen molar-refractivity contribution in [2.24, 2.45) is 0 Å². The third-order valence-electron chi connectivity index (χ3n) is 6.28. The topological polar surface area (TPSA) is 86.8 Å². The molecule has 3 rings (SSSR count). The zero-order chi connectivity index (χ0) is 22.1. The summed E-state index contributed by atoms with van der Waals surface area (Å²) < 4.78 is 25.6. The summed E-state index contributed by atoms with van der Waals surface area (Å²) in [4.78, 5) is 28.3. The molecule has 1 aromatic rings. The van der Waals surface area contributed by atoms with E-state index in [0.717, 1.165) is 47.4 Å². The first-order chi connectivity index (χ1) is 14.0. The van der Waals surface area contributed by atoms with Gasteiger partial charge in [-0.1, -0.05) is 43.4 Å². The molecule has 1 aromatic carbocycles. The minimum atomic E-state index is -3.62. The molecule has 1 N–H and O–H groups in total. The molecule has 1 saturated carbocycles. The van der Waals surface area contributed by atoms with E-state index in [4.69, 9.17) is 0 Å². The van der Waals surface area contributed by atoms with Crippen LogP contribution in [0.15, 0.2) is 18.2 Å². The molecule has 1 atom stereocenters. The first-order valence-corrected chi connectivity index (χ1v) is 12.5. The summed E-state index contributed by atoms with van der Waals surface area (Å²) in [6.45, 7) is 5.22. The molecular formula is C22H33N3O4S. The Morgan fingerprint density at radius 3 is 2.33 bits per heavy atom. The van der Waals surface area contributed by atoms with Gasteiger partial charge in [-0.25, -0.2) is 8.42 Å². The Bertz CT molecular complexity index is 922. The maximum Gasteiger partial charge on any atom is 0.247 e. The average Bonchev–Trinajstić information content (AvgIpc) is 2.90. The lowest BCUT2D eigenvalue weighted by molar-refractivity contribution is -0.133. The number of sulfonamides is 1. The Morgan fingerprint density at radius 1 is 1.13 bits per heavy atom. The molecule has 2 amide bonds. The van der Waals surface area contributed by atoms with E-state index in [1.54, 1.807) is 6.92 Å². The quantitative estimate of drug-likeness (QED) is 0.736. The van der Waals surface area contributed by atoms with Crippen LogP contribution in [-0.4, -0.2) is 55.5 Å². The number of rotatable bonds is 4. The fourth-order valence-electron chi connectivity index (χ4n) is 4.60. The molecule has 7 nitrogen and oxygen atoms in total. The van der Waals surface area contributed by atoms with Gasteiger partial charge in [0, 0.05) is 18.3 Å². The molecule has 1 heterocycles. The summed E-state index contributed by atoms with van der Waals surface area (Å²) in [5.74, 6) is -0.687. The van der Waals surface area contributed by atoms with E-state index in [9.17, 15) is 18.0 Å². The summed E-state index contributed by atoms with van der Waals surface area (Å²) in [5.41, 5.74) is 1.26. The fourth-order valence-corrected chi connectivity index (χ4v) is 5.43. The lowest BCUT2D eigenvalue weighted by Gasteiger charge is -2.47. The minimum absolute atomic E-state index is 0.0569. The van der Waals surface area contributed by atoms with E-state index < -0.39 is 21.5 Å². The standard InChI is InChI=1S/C22H33N3O4S/c1-16-11-12-19(17(2)13-16)25-20(26)14-24(30(4,28)29)15-22(25,3)21(27)23-18-9-7-5-6-8-10-18/h11-13,18H,5-10,14-15H2,1-4H3,(H,23,27)/t22-/m0/s1. The van der Waals surface area contributed by atoms with Gasteiger partial charge < -0.3 is 5.32 Å². The molecule has 0 unspecified atom stereocenters. The largest absolute Gasteiger partial charge is 0.351 e. The second kappa shape index (κ2) is 8.67. The van der Waals surface area contributed by atoms with Crippen molar-refractivity contribution in [3.63, 3.8) is 0 Å². The third kappa shape index (κ3) is 4.70. The van der Waals surface area contributed by atoms with Gasteiger partial charge in [0.15, 0.2) is 0 Å². The maximum atomic E-state index is 13.6. The molecule has 2 aliphatic rings. The smallest absolute Gasteiger partial charge is 0.247 e. The van der Waals surface area contributed by atoms with E-state index in [1.165, 1.54) is 17.7 Å². The highest BCUT2D eigenvalue weighted by Gasteiger charge is 2.50. The van der Waals surface area contributed by atoms with Crippen LogP contribution in [0, 0.1) is 13.8 Å². The molecule has 166 valence electrons. The summed E-state index contributed by atoms with van der Waals surface area (Å²) in [7, 11) is -3.62. The van der Waals surface area contributed by atoms with Gasteiger partial charge in [-0.2, -0.15) is 4.31 Å². The second-order valence-corrected chi connectivity index (χ2v) is 11.0. The second-order valence-electron chi connectivity index (χ2n) is 8.99. The molecule has 0 aromatic heterocycles. The summed E-state index contributed by atoms with van der Waals surface area (Å²) in [6.07, 6.45) is 7.37. The Balaban J connectivity index is 2.00. The van der Waals surface area contributed by atoms with Crippen molar-refractivity contribution >= 4 is 27.5 Å². The van der Waals surface area contributed by atoms with Gasteiger partial charge >= 0.3 is 0 Å². The van der Waals surface area contributed by atoms with Gasteiger partial charge in [-0.15, -0.1) is 0 Å². The number of nitrogens with one attached hydrogen (secondary N) is 1. The van der Waals surface area contributed by atoms with Crippen LogP contribution in [0.5, 0.6) is 0 Å². The van der Waals surface area contributed by atoms with Gasteiger partial charge in [0.1, 0.15) is 5.54 Å². The molecule has 2 fully saturated rings.